The Morgan fingerprint density at radius 3 is 2.32 bits per heavy atom. The number of nitrogens with zero attached hydrogens (tertiary/aromatic N) is 1. The molecular weight excluding hydrogens is 376 g/mol. The molecule has 0 atom stereocenters. The van der Waals surface area contributed by atoms with E-state index in [1.54, 1.807) is 42.5 Å². The fourth-order valence-electron chi connectivity index (χ4n) is 3.19. The van der Waals surface area contributed by atoms with E-state index >= 15 is 0 Å². The summed E-state index contributed by atoms with van der Waals surface area (Å²) in [4.78, 5) is 38.3. The van der Waals surface area contributed by atoms with E-state index < -0.39 is 11.7 Å². The third kappa shape index (κ3) is 2.77. The van der Waals surface area contributed by atoms with Crippen LogP contribution in [0.2, 0.25) is 5.02 Å². The maximum atomic E-state index is 12.9. The Bertz CT molecular complexity index is 1220. The Kier molecular flexibility index (Phi) is 4.26. The maximum absolute atomic E-state index is 12.9. The molecule has 3 aromatic carbocycles. The number of fused-ring (bicyclic) bond motifs is 2. The van der Waals surface area contributed by atoms with E-state index in [2.05, 4.69) is 5.32 Å². The van der Waals surface area contributed by atoms with Crippen LogP contribution in [0.4, 0.5) is 5.69 Å². The molecule has 0 saturated heterocycles. The molecule has 3 aromatic rings. The standard InChI is InChI=1S/C22H11ClN2O3/c23-19-17(22(28)25-13-5-3-4-12(10-13)11-24)9-8-16-18(19)21(27)15-7-2-1-6-14(15)20(16)26/h1-10H,(H,25,28). The number of benzene rings is 3. The van der Waals surface area contributed by atoms with E-state index in [1.165, 1.54) is 18.2 Å². The molecule has 0 saturated carbocycles. The van der Waals surface area contributed by atoms with Crippen molar-refractivity contribution in [2.75, 3.05) is 5.32 Å². The molecule has 28 heavy (non-hydrogen) atoms. The van der Waals surface area contributed by atoms with Crippen LogP contribution in [0.1, 0.15) is 47.8 Å². The van der Waals surface area contributed by atoms with E-state index in [1.807, 2.05) is 6.07 Å². The van der Waals surface area contributed by atoms with Crippen LogP contribution in [0.25, 0.3) is 0 Å². The highest BCUT2D eigenvalue weighted by Gasteiger charge is 2.33. The van der Waals surface area contributed by atoms with Crippen LogP contribution < -0.4 is 5.32 Å². The van der Waals surface area contributed by atoms with E-state index in [0.717, 1.165) is 0 Å². The second kappa shape index (κ2) is 6.76. The molecule has 5 nitrogen and oxygen atoms in total. The molecule has 0 bridgehead atoms. The van der Waals surface area contributed by atoms with Gasteiger partial charge in [0.05, 0.1) is 27.8 Å². The molecule has 0 fully saturated rings. The lowest BCUT2D eigenvalue weighted by atomic mass is 9.83. The molecule has 0 heterocycles. The number of hydrogen-bond donors (Lipinski definition) is 1. The molecule has 1 aliphatic rings. The Balaban J connectivity index is 1.75. The van der Waals surface area contributed by atoms with Gasteiger partial charge in [-0.3, -0.25) is 14.4 Å². The van der Waals surface area contributed by atoms with Gasteiger partial charge in [0.2, 0.25) is 0 Å². The number of carbonyl (C=O) groups is 3. The van der Waals surface area contributed by atoms with Crippen LogP contribution in [0.3, 0.4) is 0 Å². The number of nitrogens with one attached hydrogen (secondary N) is 1. The molecule has 0 spiro atoms. The number of nitriles is 1. The minimum Gasteiger partial charge on any atom is -0.322 e. The van der Waals surface area contributed by atoms with Crippen LogP contribution in [0.5, 0.6) is 0 Å². The van der Waals surface area contributed by atoms with Gasteiger partial charge < -0.3 is 5.32 Å². The van der Waals surface area contributed by atoms with Gasteiger partial charge in [-0.25, -0.2) is 0 Å². The van der Waals surface area contributed by atoms with Gasteiger partial charge in [0.15, 0.2) is 11.6 Å². The molecule has 0 aliphatic heterocycles. The number of ketones is 2. The Hall–Kier alpha value is -3.75. The Morgan fingerprint density at radius 1 is 0.893 bits per heavy atom. The smallest absolute Gasteiger partial charge is 0.257 e. The van der Waals surface area contributed by atoms with Gasteiger partial charge >= 0.3 is 0 Å². The third-order valence-corrected chi connectivity index (χ3v) is 4.92. The number of halogens is 1. The quantitative estimate of drug-likeness (QED) is 0.558. The van der Waals surface area contributed by atoms with E-state index in [0.29, 0.717) is 16.8 Å². The number of hydrogen-bond acceptors (Lipinski definition) is 4. The minimum atomic E-state index is -0.540. The average molecular weight is 387 g/mol. The van der Waals surface area contributed by atoms with Crippen LogP contribution in [-0.4, -0.2) is 17.5 Å². The largest absolute Gasteiger partial charge is 0.322 e. The summed E-state index contributed by atoms with van der Waals surface area (Å²) < 4.78 is 0. The lowest BCUT2D eigenvalue weighted by Crippen LogP contribution is -2.23. The lowest BCUT2D eigenvalue weighted by molar-refractivity contribution is 0.0978. The molecule has 1 aliphatic carbocycles. The zero-order valence-electron chi connectivity index (χ0n) is 14.3. The molecule has 0 aromatic heterocycles. The van der Waals surface area contributed by atoms with Crippen molar-refractivity contribution < 1.29 is 14.4 Å². The Morgan fingerprint density at radius 2 is 1.61 bits per heavy atom. The van der Waals surface area contributed by atoms with Gasteiger partial charge in [-0.05, 0) is 30.3 Å². The van der Waals surface area contributed by atoms with Crippen LogP contribution >= 0.6 is 11.6 Å². The van der Waals surface area contributed by atoms with Crippen molar-refractivity contribution in [3.8, 4) is 6.07 Å². The van der Waals surface area contributed by atoms with E-state index in [4.69, 9.17) is 16.9 Å². The first-order valence-corrected chi connectivity index (χ1v) is 8.71. The summed E-state index contributed by atoms with van der Waals surface area (Å²) in [6, 6.07) is 17.8. The monoisotopic (exact) mass is 386 g/mol. The van der Waals surface area contributed by atoms with Crippen molar-refractivity contribution in [3.05, 3.63) is 99.1 Å². The molecule has 0 radical (unpaired) electrons. The van der Waals surface area contributed by atoms with Crippen LogP contribution in [-0.2, 0) is 0 Å². The summed E-state index contributed by atoms with van der Waals surface area (Å²) >= 11 is 6.39. The predicted octanol–water partition coefficient (Wildman–Crippen LogP) is 4.24. The van der Waals surface area contributed by atoms with Crippen molar-refractivity contribution >= 4 is 34.8 Å². The molecule has 0 unspecified atom stereocenters. The SMILES string of the molecule is N#Cc1cccc(NC(=O)c2ccc3c(c2Cl)C(=O)c2ccccc2C3=O)c1. The van der Waals surface area contributed by atoms with Crippen molar-refractivity contribution in [2.24, 2.45) is 0 Å². The molecule has 6 heteroatoms. The molecular formula is C22H11ClN2O3. The Labute approximate surface area is 165 Å². The molecule has 134 valence electrons. The minimum absolute atomic E-state index is 0.0313. The highest BCUT2D eigenvalue weighted by molar-refractivity contribution is 6.41. The first-order chi connectivity index (χ1) is 13.5. The van der Waals surface area contributed by atoms with Gasteiger partial charge in [0.1, 0.15) is 0 Å². The fraction of sp³-hybridized carbons (Fsp3) is 0. The van der Waals surface area contributed by atoms with Crippen molar-refractivity contribution in [3.63, 3.8) is 0 Å². The normalized spacial score (nSPS) is 12.0. The zero-order chi connectivity index (χ0) is 19.8. The number of rotatable bonds is 2. The lowest BCUT2D eigenvalue weighted by Gasteiger charge is -2.19. The van der Waals surface area contributed by atoms with Gasteiger partial charge in [-0.2, -0.15) is 5.26 Å². The molecule has 4 rings (SSSR count). The molecule has 1 amide bonds. The van der Waals surface area contributed by atoms with Crippen molar-refractivity contribution in [1.82, 2.24) is 0 Å². The highest BCUT2D eigenvalue weighted by atomic mass is 35.5. The van der Waals surface area contributed by atoms with Crippen molar-refractivity contribution in [2.45, 2.75) is 0 Å². The van der Waals surface area contributed by atoms with E-state index in [9.17, 15) is 14.4 Å². The summed E-state index contributed by atoms with van der Waals surface area (Å²) in [5.74, 6) is -1.24. The van der Waals surface area contributed by atoms with Gasteiger partial charge in [-0.15, -0.1) is 0 Å². The van der Waals surface area contributed by atoms with Crippen molar-refractivity contribution in [1.29, 1.82) is 5.26 Å². The predicted molar refractivity (Wildman–Crippen MR) is 104 cm³/mol. The summed E-state index contributed by atoms with van der Waals surface area (Å²) in [6.45, 7) is 0. The topological polar surface area (TPSA) is 87.0 Å². The van der Waals surface area contributed by atoms with Gasteiger partial charge in [-0.1, -0.05) is 41.9 Å². The second-order valence-electron chi connectivity index (χ2n) is 6.20. The summed E-state index contributed by atoms with van der Waals surface area (Å²) in [5.41, 5.74) is 1.68. The molecule has 1 N–H and O–H groups in total. The number of amides is 1. The van der Waals surface area contributed by atoms with Crippen LogP contribution in [0.15, 0.2) is 60.7 Å². The fourth-order valence-corrected chi connectivity index (χ4v) is 3.52. The highest BCUT2D eigenvalue weighted by Crippen LogP contribution is 2.34. The average Bonchev–Trinajstić information content (AvgIpc) is 2.72. The maximum Gasteiger partial charge on any atom is 0.257 e. The summed E-state index contributed by atoms with van der Waals surface area (Å²) in [6.07, 6.45) is 0. The third-order valence-electron chi connectivity index (χ3n) is 4.52. The van der Waals surface area contributed by atoms with Crippen LogP contribution in [0, 0.1) is 11.3 Å². The number of carbonyl (C=O) groups excluding carboxylic acids is 3. The summed E-state index contributed by atoms with van der Waals surface area (Å²) in [5, 5.41) is 11.6. The first kappa shape index (κ1) is 17.7. The second-order valence-corrected chi connectivity index (χ2v) is 6.58. The summed E-state index contributed by atoms with van der Waals surface area (Å²) in [7, 11) is 0. The first-order valence-electron chi connectivity index (χ1n) is 8.33. The van der Waals surface area contributed by atoms with Gasteiger partial charge in [0, 0.05) is 22.4 Å². The zero-order valence-corrected chi connectivity index (χ0v) is 15.1. The number of anilines is 1. The van der Waals surface area contributed by atoms with Gasteiger partial charge in [0.25, 0.3) is 5.91 Å². The van der Waals surface area contributed by atoms with E-state index in [-0.39, 0.29) is 33.1 Å².